The zero-order valence-corrected chi connectivity index (χ0v) is 20.5. The van der Waals surface area contributed by atoms with Crippen molar-refractivity contribution in [1.82, 2.24) is 19.9 Å². The molecule has 1 aliphatic heterocycles. The Bertz CT molecular complexity index is 1200. The Morgan fingerprint density at radius 3 is 2.69 bits per heavy atom. The summed E-state index contributed by atoms with van der Waals surface area (Å²) in [4.78, 5) is 40.5. The first-order valence-corrected chi connectivity index (χ1v) is 12.2. The molecule has 0 bridgehead atoms. The second-order valence-electron chi connectivity index (χ2n) is 8.70. The molecule has 3 N–H and O–H groups in total. The first-order chi connectivity index (χ1) is 16.9. The lowest BCUT2D eigenvalue weighted by Gasteiger charge is -2.36. The molecule has 3 heterocycles. The summed E-state index contributed by atoms with van der Waals surface area (Å²) in [6.45, 7) is 2.51. The molecule has 1 unspecified atom stereocenters. The van der Waals surface area contributed by atoms with E-state index in [0.717, 1.165) is 41.8 Å². The zero-order valence-electron chi connectivity index (χ0n) is 19.7. The number of hydrogen-bond donors (Lipinski definition) is 2. The fourth-order valence-electron chi connectivity index (χ4n) is 4.39. The SMILES string of the molecule is Cc1cccc(NC(=O)CCCC(=O)N2CCCCC2c2nc(N)ncc2-c2ccc(Cl)cc2)n1. The van der Waals surface area contributed by atoms with Crippen LogP contribution in [0.3, 0.4) is 0 Å². The third-order valence-corrected chi connectivity index (χ3v) is 6.33. The van der Waals surface area contributed by atoms with E-state index in [4.69, 9.17) is 17.3 Å². The maximum absolute atomic E-state index is 13.2. The van der Waals surface area contributed by atoms with Gasteiger partial charge in [0.2, 0.25) is 17.8 Å². The van der Waals surface area contributed by atoms with Crippen molar-refractivity contribution in [3.8, 4) is 11.1 Å². The minimum absolute atomic E-state index is 0.00965. The van der Waals surface area contributed by atoms with Gasteiger partial charge in [0.1, 0.15) is 5.82 Å². The Labute approximate surface area is 209 Å². The van der Waals surface area contributed by atoms with Crippen molar-refractivity contribution in [2.75, 3.05) is 17.6 Å². The first-order valence-electron chi connectivity index (χ1n) is 11.8. The number of rotatable bonds is 7. The summed E-state index contributed by atoms with van der Waals surface area (Å²) in [6.07, 6.45) is 5.40. The van der Waals surface area contributed by atoms with E-state index in [1.54, 1.807) is 12.3 Å². The van der Waals surface area contributed by atoms with Gasteiger partial charge in [0.15, 0.2) is 0 Å². The molecule has 9 heteroatoms. The van der Waals surface area contributed by atoms with Gasteiger partial charge in [-0.25, -0.2) is 15.0 Å². The molecule has 2 aromatic heterocycles. The van der Waals surface area contributed by atoms with E-state index >= 15 is 0 Å². The van der Waals surface area contributed by atoms with E-state index < -0.39 is 0 Å². The molecule has 2 amide bonds. The Morgan fingerprint density at radius 2 is 1.91 bits per heavy atom. The van der Waals surface area contributed by atoms with E-state index in [-0.39, 0.29) is 36.6 Å². The van der Waals surface area contributed by atoms with Gasteiger partial charge in [-0.2, -0.15) is 0 Å². The highest BCUT2D eigenvalue weighted by molar-refractivity contribution is 6.30. The van der Waals surface area contributed by atoms with E-state index in [1.807, 2.05) is 48.2 Å². The van der Waals surface area contributed by atoms with E-state index in [1.165, 1.54) is 0 Å². The number of nitrogens with two attached hydrogens (primary N) is 1. The Hall–Kier alpha value is -3.52. The van der Waals surface area contributed by atoms with E-state index in [9.17, 15) is 9.59 Å². The van der Waals surface area contributed by atoms with Gasteiger partial charge in [-0.15, -0.1) is 0 Å². The Kier molecular flexibility index (Phi) is 7.92. The molecule has 35 heavy (non-hydrogen) atoms. The van der Waals surface area contributed by atoms with Gasteiger partial charge in [0, 0.05) is 41.9 Å². The lowest BCUT2D eigenvalue weighted by molar-refractivity contribution is -0.135. The minimum Gasteiger partial charge on any atom is -0.368 e. The number of pyridine rings is 1. The van der Waals surface area contributed by atoms with Gasteiger partial charge in [-0.3, -0.25) is 9.59 Å². The molecule has 0 radical (unpaired) electrons. The Balaban J connectivity index is 1.44. The van der Waals surface area contributed by atoms with E-state index in [0.29, 0.717) is 23.8 Å². The van der Waals surface area contributed by atoms with E-state index in [2.05, 4.69) is 20.3 Å². The van der Waals surface area contributed by atoms with Gasteiger partial charge in [-0.05, 0) is 62.4 Å². The molecule has 8 nitrogen and oxygen atoms in total. The highest BCUT2D eigenvalue weighted by atomic mass is 35.5. The summed E-state index contributed by atoms with van der Waals surface area (Å²) < 4.78 is 0. The molecule has 182 valence electrons. The third-order valence-electron chi connectivity index (χ3n) is 6.08. The first kappa shape index (κ1) is 24.6. The van der Waals surface area contributed by atoms with Crippen molar-refractivity contribution in [3.63, 3.8) is 0 Å². The van der Waals surface area contributed by atoms with Crippen molar-refractivity contribution in [3.05, 3.63) is 65.1 Å². The number of carbonyl (C=O) groups excluding carboxylic acids is 2. The molecular formula is C26H29ClN6O2. The number of anilines is 2. The summed E-state index contributed by atoms with van der Waals surface area (Å²) in [5, 5.41) is 3.43. The van der Waals surface area contributed by atoms with Crippen molar-refractivity contribution < 1.29 is 9.59 Å². The number of nitrogen functional groups attached to an aromatic ring is 1. The Morgan fingerprint density at radius 1 is 1.11 bits per heavy atom. The fourth-order valence-corrected chi connectivity index (χ4v) is 4.52. The van der Waals surface area contributed by atoms with Crippen molar-refractivity contribution >= 4 is 35.2 Å². The van der Waals surface area contributed by atoms with Crippen LogP contribution in [0.25, 0.3) is 11.1 Å². The fraction of sp³-hybridized carbons (Fsp3) is 0.346. The van der Waals surface area contributed by atoms with Crippen molar-refractivity contribution in [2.45, 2.75) is 51.5 Å². The number of nitrogens with one attached hydrogen (secondary N) is 1. The average Bonchev–Trinajstić information content (AvgIpc) is 2.84. The number of benzene rings is 1. The topological polar surface area (TPSA) is 114 Å². The highest BCUT2D eigenvalue weighted by Gasteiger charge is 2.31. The van der Waals surface area contributed by atoms with Crippen LogP contribution in [0.5, 0.6) is 0 Å². The predicted octanol–water partition coefficient (Wildman–Crippen LogP) is 4.95. The second-order valence-corrected chi connectivity index (χ2v) is 9.14. The third kappa shape index (κ3) is 6.33. The molecule has 0 aliphatic carbocycles. The molecule has 3 aromatic rings. The number of carbonyl (C=O) groups is 2. The van der Waals surface area contributed by atoms with Gasteiger partial charge >= 0.3 is 0 Å². The maximum atomic E-state index is 13.2. The van der Waals surface area contributed by atoms with Crippen molar-refractivity contribution in [1.29, 1.82) is 0 Å². The second kappa shape index (κ2) is 11.3. The molecule has 1 aliphatic rings. The molecule has 0 spiro atoms. The van der Waals surface area contributed by atoms with Gasteiger partial charge < -0.3 is 16.0 Å². The van der Waals surface area contributed by atoms with Crippen LogP contribution < -0.4 is 11.1 Å². The summed E-state index contributed by atoms with van der Waals surface area (Å²) in [5.41, 5.74) is 9.28. The van der Waals surface area contributed by atoms with Crippen LogP contribution in [0.4, 0.5) is 11.8 Å². The molecule has 1 atom stereocenters. The van der Waals surface area contributed by atoms with Crippen LogP contribution in [-0.2, 0) is 9.59 Å². The van der Waals surface area contributed by atoms with Crippen LogP contribution >= 0.6 is 11.6 Å². The lowest BCUT2D eigenvalue weighted by Crippen LogP contribution is -2.39. The summed E-state index contributed by atoms with van der Waals surface area (Å²) in [7, 11) is 0. The summed E-state index contributed by atoms with van der Waals surface area (Å²) >= 11 is 6.06. The number of hydrogen-bond acceptors (Lipinski definition) is 6. The number of aryl methyl sites for hydroxylation is 1. The number of piperidine rings is 1. The number of nitrogens with zero attached hydrogens (tertiary/aromatic N) is 4. The smallest absolute Gasteiger partial charge is 0.225 e. The van der Waals surface area contributed by atoms with Gasteiger partial charge in [0.25, 0.3) is 0 Å². The molecule has 0 saturated carbocycles. The zero-order chi connectivity index (χ0) is 24.8. The van der Waals surface area contributed by atoms with Crippen LogP contribution in [-0.4, -0.2) is 38.2 Å². The summed E-state index contributed by atoms with van der Waals surface area (Å²) in [5.74, 6) is 0.556. The molecule has 1 aromatic carbocycles. The van der Waals surface area contributed by atoms with Crippen LogP contribution in [0.15, 0.2) is 48.7 Å². The molecular weight excluding hydrogens is 464 g/mol. The number of likely N-dealkylation sites (tertiary alicyclic amines) is 1. The largest absolute Gasteiger partial charge is 0.368 e. The summed E-state index contributed by atoms with van der Waals surface area (Å²) in [6, 6.07) is 12.7. The minimum atomic E-state index is -0.197. The monoisotopic (exact) mass is 492 g/mol. The normalized spacial score (nSPS) is 15.6. The average molecular weight is 493 g/mol. The predicted molar refractivity (Wildman–Crippen MR) is 137 cm³/mol. The standard InChI is InChI=1S/C26H29ClN6O2/c1-17-6-4-8-22(30-17)31-23(34)9-5-10-24(35)33-15-3-2-7-21(33)25-20(16-29-26(28)32-25)18-11-13-19(27)14-12-18/h4,6,8,11-14,16,21H,2-3,5,7,9-10,15H2,1H3,(H2,28,29,32)(H,30,31,34). The quantitative estimate of drug-likeness (QED) is 0.482. The lowest BCUT2D eigenvalue weighted by atomic mass is 9.93. The number of aromatic nitrogens is 3. The molecule has 4 rings (SSSR count). The molecule has 1 saturated heterocycles. The van der Waals surface area contributed by atoms with Gasteiger partial charge in [0.05, 0.1) is 11.7 Å². The van der Waals surface area contributed by atoms with Crippen molar-refractivity contribution in [2.24, 2.45) is 0 Å². The number of halogens is 1. The van der Waals surface area contributed by atoms with Crippen LogP contribution in [0.1, 0.15) is 56.0 Å². The van der Waals surface area contributed by atoms with Crippen LogP contribution in [0, 0.1) is 6.92 Å². The van der Waals surface area contributed by atoms with Gasteiger partial charge in [-0.1, -0.05) is 29.8 Å². The molecule has 1 fully saturated rings. The maximum Gasteiger partial charge on any atom is 0.225 e. The van der Waals surface area contributed by atoms with Crippen LogP contribution in [0.2, 0.25) is 5.02 Å². The highest BCUT2D eigenvalue weighted by Crippen LogP contribution is 2.36. The number of amides is 2.